The van der Waals surface area contributed by atoms with Crippen LogP contribution in [0.25, 0.3) is 10.9 Å². The number of ether oxygens (including phenoxy) is 1. The lowest BCUT2D eigenvalue weighted by molar-refractivity contribution is -0.139. The molecule has 1 aromatic heterocycles. The molecular weight excluding hydrogens is 339 g/mol. The smallest absolute Gasteiger partial charge is 0.305 e. The molecule has 0 radical (unpaired) electrons. The summed E-state index contributed by atoms with van der Waals surface area (Å²) in [5.74, 6) is -1.37. The van der Waals surface area contributed by atoms with Crippen LogP contribution in [0.5, 0.6) is 0 Å². The second kappa shape index (κ2) is 6.64. The molecule has 1 aliphatic carbocycles. The summed E-state index contributed by atoms with van der Waals surface area (Å²) in [5, 5.41) is 9.57. The highest BCUT2D eigenvalue weighted by atomic mass is 19.1. The Bertz CT molecular complexity index is 881. The average molecular weight is 358 g/mol. The van der Waals surface area contributed by atoms with Gasteiger partial charge < -0.3 is 14.7 Å². The quantitative estimate of drug-likeness (QED) is 0.909. The van der Waals surface area contributed by atoms with Gasteiger partial charge in [0.1, 0.15) is 5.82 Å². The van der Waals surface area contributed by atoms with Gasteiger partial charge in [0.15, 0.2) is 0 Å². The number of rotatable bonds is 4. The van der Waals surface area contributed by atoms with Crippen molar-refractivity contribution in [3.05, 3.63) is 41.3 Å². The topological polar surface area (TPSA) is 79.7 Å². The minimum absolute atomic E-state index is 0.182. The van der Waals surface area contributed by atoms with Crippen molar-refractivity contribution in [1.82, 2.24) is 9.88 Å². The second-order valence-electron chi connectivity index (χ2n) is 6.86. The number of fused-ring (bicyclic) bond motifs is 1. The Morgan fingerprint density at radius 3 is 2.85 bits per heavy atom. The van der Waals surface area contributed by atoms with Gasteiger partial charge in [0, 0.05) is 23.5 Å². The van der Waals surface area contributed by atoms with E-state index in [2.05, 4.69) is 4.98 Å². The highest BCUT2D eigenvalue weighted by Gasteiger charge is 2.32. The molecule has 1 amide bonds. The van der Waals surface area contributed by atoms with Crippen LogP contribution in [0.2, 0.25) is 0 Å². The number of hydrogen-bond donors (Lipinski definition) is 1. The van der Waals surface area contributed by atoms with E-state index in [9.17, 15) is 14.0 Å². The number of morpholine rings is 1. The highest BCUT2D eigenvalue weighted by Crippen LogP contribution is 2.40. The van der Waals surface area contributed by atoms with Gasteiger partial charge >= 0.3 is 5.97 Å². The van der Waals surface area contributed by atoms with E-state index >= 15 is 0 Å². The molecule has 4 rings (SSSR count). The Labute approximate surface area is 149 Å². The molecule has 136 valence electrons. The lowest BCUT2D eigenvalue weighted by Gasteiger charge is -2.35. The first-order chi connectivity index (χ1) is 12.5. The Morgan fingerprint density at radius 1 is 1.31 bits per heavy atom. The number of carbonyl (C=O) groups excluding carboxylic acids is 1. The molecule has 2 aromatic rings. The van der Waals surface area contributed by atoms with E-state index in [0.717, 1.165) is 18.5 Å². The monoisotopic (exact) mass is 358 g/mol. The number of benzene rings is 1. The third-order valence-corrected chi connectivity index (χ3v) is 4.92. The van der Waals surface area contributed by atoms with Crippen LogP contribution in [0.1, 0.15) is 41.2 Å². The highest BCUT2D eigenvalue weighted by molar-refractivity contribution is 6.06. The summed E-state index contributed by atoms with van der Waals surface area (Å²) >= 11 is 0. The maximum absolute atomic E-state index is 13.8. The molecule has 2 aliphatic rings. The summed E-state index contributed by atoms with van der Waals surface area (Å²) in [7, 11) is 0. The van der Waals surface area contributed by atoms with Crippen molar-refractivity contribution in [3.63, 3.8) is 0 Å². The number of nitrogens with zero attached hydrogens (tertiary/aromatic N) is 2. The number of pyridine rings is 1. The molecular formula is C19H19FN2O4. The van der Waals surface area contributed by atoms with Crippen LogP contribution in [-0.2, 0) is 9.53 Å². The molecule has 1 aromatic carbocycles. The zero-order chi connectivity index (χ0) is 18.3. The van der Waals surface area contributed by atoms with Gasteiger partial charge in [0.2, 0.25) is 0 Å². The van der Waals surface area contributed by atoms with Crippen LogP contribution in [-0.4, -0.2) is 52.7 Å². The molecule has 7 heteroatoms. The van der Waals surface area contributed by atoms with Crippen LogP contribution >= 0.6 is 0 Å². The predicted octanol–water partition coefficient (Wildman–Crippen LogP) is 2.57. The van der Waals surface area contributed by atoms with Crippen LogP contribution in [0, 0.1) is 5.82 Å². The lowest BCUT2D eigenvalue weighted by atomic mass is 10.0. The van der Waals surface area contributed by atoms with Gasteiger partial charge in [0.25, 0.3) is 5.91 Å². The van der Waals surface area contributed by atoms with Crippen molar-refractivity contribution in [2.45, 2.75) is 31.2 Å². The number of carboxylic acids is 1. The number of carboxylic acid groups (broad SMARTS) is 1. The summed E-state index contributed by atoms with van der Waals surface area (Å²) in [6.45, 7) is 0.855. The zero-order valence-corrected chi connectivity index (χ0v) is 14.2. The fourth-order valence-electron chi connectivity index (χ4n) is 3.43. The van der Waals surface area contributed by atoms with Crippen molar-refractivity contribution in [3.8, 4) is 0 Å². The molecule has 1 saturated heterocycles. The summed E-state index contributed by atoms with van der Waals surface area (Å²) in [6, 6.07) is 5.45. The van der Waals surface area contributed by atoms with E-state index in [1.807, 2.05) is 0 Å². The minimum atomic E-state index is -0.984. The fourth-order valence-corrected chi connectivity index (χ4v) is 3.43. The maximum atomic E-state index is 13.8. The zero-order valence-electron chi connectivity index (χ0n) is 14.2. The van der Waals surface area contributed by atoms with Gasteiger partial charge in [-0.05, 0) is 37.1 Å². The number of hydrogen-bond acceptors (Lipinski definition) is 4. The van der Waals surface area contributed by atoms with Crippen molar-refractivity contribution < 1.29 is 23.8 Å². The Balaban J connectivity index is 1.77. The molecule has 6 nitrogen and oxygen atoms in total. The van der Waals surface area contributed by atoms with E-state index in [4.69, 9.17) is 9.84 Å². The second-order valence-corrected chi connectivity index (χ2v) is 6.86. The third kappa shape index (κ3) is 3.26. The minimum Gasteiger partial charge on any atom is -0.481 e. The molecule has 0 bridgehead atoms. The summed E-state index contributed by atoms with van der Waals surface area (Å²) < 4.78 is 19.1. The lowest BCUT2D eigenvalue weighted by Crippen LogP contribution is -2.49. The molecule has 26 heavy (non-hydrogen) atoms. The molecule has 1 N–H and O–H groups in total. The van der Waals surface area contributed by atoms with Gasteiger partial charge in [-0.2, -0.15) is 0 Å². The SMILES string of the molecule is O=C(O)CC1COCCN1C(=O)c1cc(C2CC2)nc2ccc(F)cc12. The van der Waals surface area contributed by atoms with Crippen LogP contribution in [0.3, 0.4) is 0 Å². The molecule has 0 spiro atoms. The summed E-state index contributed by atoms with van der Waals surface area (Å²) in [5.41, 5.74) is 1.81. The van der Waals surface area contributed by atoms with Crippen LogP contribution in [0.15, 0.2) is 24.3 Å². The predicted molar refractivity (Wildman–Crippen MR) is 91.6 cm³/mol. The Morgan fingerprint density at radius 2 is 2.12 bits per heavy atom. The van der Waals surface area contributed by atoms with E-state index < -0.39 is 17.8 Å². The normalized spacial score (nSPS) is 20.3. The Kier molecular flexibility index (Phi) is 4.32. The van der Waals surface area contributed by atoms with E-state index in [-0.39, 0.29) is 18.9 Å². The first-order valence-electron chi connectivity index (χ1n) is 8.73. The van der Waals surface area contributed by atoms with Crippen LogP contribution in [0.4, 0.5) is 4.39 Å². The summed E-state index contributed by atoms with van der Waals surface area (Å²) in [4.78, 5) is 30.5. The molecule has 1 unspecified atom stereocenters. The number of halogens is 1. The van der Waals surface area contributed by atoms with Crippen molar-refractivity contribution in [2.75, 3.05) is 19.8 Å². The number of aliphatic carboxylic acids is 1. The summed E-state index contributed by atoms with van der Waals surface area (Å²) in [6.07, 6.45) is 1.89. The van der Waals surface area contributed by atoms with E-state index in [1.54, 1.807) is 12.1 Å². The molecule has 1 atom stereocenters. The largest absolute Gasteiger partial charge is 0.481 e. The Hall–Kier alpha value is -2.54. The van der Waals surface area contributed by atoms with Gasteiger partial charge in [0.05, 0.1) is 36.8 Å². The van der Waals surface area contributed by atoms with E-state index in [1.165, 1.54) is 17.0 Å². The molecule has 2 fully saturated rings. The van der Waals surface area contributed by atoms with Gasteiger partial charge in [-0.3, -0.25) is 14.6 Å². The first kappa shape index (κ1) is 16.9. The maximum Gasteiger partial charge on any atom is 0.305 e. The molecule has 2 heterocycles. The average Bonchev–Trinajstić information content (AvgIpc) is 3.45. The fraction of sp³-hybridized carbons (Fsp3) is 0.421. The van der Waals surface area contributed by atoms with Crippen molar-refractivity contribution >= 4 is 22.8 Å². The van der Waals surface area contributed by atoms with Gasteiger partial charge in [-0.1, -0.05) is 0 Å². The standard InChI is InChI=1S/C19H19FN2O4/c20-12-3-4-16-14(7-12)15(9-17(21-16)11-1-2-11)19(25)22-5-6-26-10-13(22)8-18(23)24/h3-4,7,9,11,13H,1-2,5-6,8,10H2,(H,23,24). The number of amides is 1. The third-order valence-electron chi connectivity index (χ3n) is 4.92. The van der Waals surface area contributed by atoms with Gasteiger partial charge in [-0.15, -0.1) is 0 Å². The number of aromatic nitrogens is 1. The number of carbonyl (C=O) groups is 2. The van der Waals surface area contributed by atoms with Gasteiger partial charge in [-0.25, -0.2) is 4.39 Å². The van der Waals surface area contributed by atoms with Crippen LogP contribution < -0.4 is 0 Å². The van der Waals surface area contributed by atoms with Crippen molar-refractivity contribution in [1.29, 1.82) is 0 Å². The molecule has 1 aliphatic heterocycles. The molecule has 1 saturated carbocycles. The van der Waals surface area contributed by atoms with E-state index in [0.29, 0.717) is 35.5 Å². The first-order valence-corrected chi connectivity index (χ1v) is 8.73. The van der Waals surface area contributed by atoms with Crippen molar-refractivity contribution in [2.24, 2.45) is 0 Å².